The van der Waals surface area contributed by atoms with Crippen LogP contribution in [0.3, 0.4) is 0 Å². The van der Waals surface area contributed by atoms with E-state index < -0.39 is 30.9 Å². The number of hydrogen-bond acceptors (Lipinski definition) is 4. The van der Waals surface area contributed by atoms with Gasteiger partial charge in [-0.2, -0.15) is 0 Å². The third-order valence-corrected chi connectivity index (χ3v) is 2.74. The number of fused-ring (bicyclic) bond motifs is 1. The van der Waals surface area contributed by atoms with Crippen LogP contribution in [0.4, 0.5) is 14.5 Å². The number of nitrogens with two attached hydrogens (primary N) is 1. The van der Waals surface area contributed by atoms with Gasteiger partial charge in [0.2, 0.25) is 0 Å². The minimum absolute atomic E-state index is 0.0539. The first kappa shape index (κ1) is 13.4. The summed E-state index contributed by atoms with van der Waals surface area (Å²) in [7, 11) is 1.12. The van der Waals surface area contributed by atoms with Crippen LogP contribution in [-0.4, -0.2) is 42.9 Å². The van der Waals surface area contributed by atoms with Crippen molar-refractivity contribution >= 4 is 17.5 Å². The monoisotopic (exact) mass is 270 g/mol. The standard InChI is InChI=1S/C12H12F2N2O3/c1-19-6-12(13,14)5-16-10(17)8-3-2-7(15)4-9(8)11(16)18/h2-4H,5-6,15H2,1H3. The molecule has 102 valence electrons. The Morgan fingerprint density at radius 3 is 2.53 bits per heavy atom. The molecular formula is C12H12F2N2O3. The highest BCUT2D eigenvalue weighted by Crippen LogP contribution is 2.27. The lowest BCUT2D eigenvalue weighted by atomic mass is 10.1. The second-order valence-electron chi connectivity index (χ2n) is 4.29. The number of benzene rings is 1. The Balaban J connectivity index is 2.28. The summed E-state index contributed by atoms with van der Waals surface area (Å²) in [6, 6.07) is 4.12. The lowest BCUT2D eigenvalue weighted by Crippen LogP contribution is -2.42. The summed E-state index contributed by atoms with van der Waals surface area (Å²) in [6.07, 6.45) is 0. The first-order chi connectivity index (χ1) is 8.85. The highest BCUT2D eigenvalue weighted by molar-refractivity contribution is 6.21. The second-order valence-corrected chi connectivity index (χ2v) is 4.29. The van der Waals surface area contributed by atoms with Crippen molar-refractivity contribution in [2.45, 2.75) is 5.92 Å². The van der Waals surface area contributed by atoms with E-state index in [0.717, 1.165) is 7.11 Å². The minimum Gasteiger partial charge on any atom is -0.399 e. The van der Waals surface area contributed by atoms with Gasteiger partial charge >= 0.3 is 0 Å². The number of carbonyl (C=O) groups excluding carboxylic acids is 2. The SMILES string of the molecule is COCC(F)(F)CN1C(=O)c2ccc(N)cc2C1=O. The molecule has 0 atom stereocenters. The molecule has 0 aliphatic carbocycles. The van der Waals surface area contributed by atoms with Gasteiger partial charge in [-0.3, -0.25) is 14.5 Å². The fraction of sp³-hybridized carbons (Fsp3) is 0.333. The molecule has 5 nitrogen and oxygen atoms in total. The molecule has 2 amide bonds. The molecular weight excluding hydrogens is 258 g/mol. The molecule has 0 saturated heterocycles. The number of carbonyl (C=O) groups is 2. The lowest BCUT2D eigenvalue weighted by Gasteiger charge is -2.21. The fourth-order valence-corrected chi connectivity index (χ4v) is 1.94. The maximum atomic E-state index is 13.4. The van der Waals surface area contributed by atoms with Crippen LogP contribution in [0.2, 0.25) is 0 Å². The van der Waals surface area contributed by atoms with Crippen molar-refractivity contribution in [3.63, 3.8) is 0 Å². The average molecular weight is 270 g/mol. The quantitative estimate of drug-likeness (QED) is 0.658. The van der Waals surface area contributed by atoms with Crippen molar-refractivity contribution in [1.29, 1.82) is 0 Å². The molecule has 1 aromatic carbocycles. The van der Waals surface area contributed by atoms with Crippen LogP contribution in [-0.2, 0) is 4.74 Å². The smallest absolute Gasteiger partial charge is 0.288 e. The third-order valence-electron chi connectivity index (χ3n) is 2.74. The first-order valence-electron chi connectivity index (χ1n) is 5.48. The number of alkyl halides is 2. The summed E-state index contributed by atoms with van der Waals surface area (Å²) in [5, 5.41) is 0. The number of methoxy groups -OCH3 is 1. The lowest BCUT2D eigenvalue weighted by molar-refractivity contribution is -0.0747. The van der Waals surface area contributed by atoms with Gasteiger partial charge in [0.25, 0.3) is 17.7 Å². The molecule has 0 aromatic heterocycles. The number of anilines is 1. The molecule has 0 saturated carbocycles. The van der Waals surface area contributed by atoms with Crippen LogP contribution in [0.5, 0.6) is 0 Å². The van der Waals surface area contributed by atoms with Crippen molar-refractivity contribution in [3.8, 4) is 0 Å². The van der Waals surface area contributed by atoms with E-state index in [-0.39, 0.29) is 11.1 Å². The Labute approximate surface area is 107 Å². The van der Waals surface area contributed by atoms with Gasteiger partial charge in [0.15, 0.2) is 0 Å². The van der Waals surface area contributed by atoms with Gasteiger partial charge in [0.05, 0.1) is 17.7 Å². The molecule has 19 heavy (non-hydrogen) atoms. The van der Waals surface area contributed by atoms with Crippen molar-refractivity contribution in [2.75, 3.05) is 26.0 Å². The van der Waals surface area contributed by atoms with E-state index in [1.807, 2.05) is 0 Å². The molecule has 1 aliphatic heterocycles. The Morgan fingerprint density at radius 1 is 1.26 bits per heavy atom. The van der Waals surface area contributed by atoms with Crippen molar-refractivity contribution in [3.05, 3.63) is 29.3 Å². The van der Waals surface area contributed by atoms with Crippen LogP contribution in [0.25, 0.3) is 0 Å². The summed E-state index contributed by atoms with van der Waals surface area (Å²) < 4.78 is 31.2. The topological polar surface area (TPSA) is 72.6 Å². The zero-order chi connectivity index (χ0) is 14.2. The molecule has 1 aromatic rings. The Bertz CT molecular complexity index is 546. The van der Waals surface area contributed by atoms with Gasteiger partial charge in [0, 0.05) is 12.8 Å². The summed E-state index contributed by atoms with van der Waals surface area (Å²) in [5.74, 6) is -4.79. The number of amides is 2. The zero-order valence-corrected chi connectivity index (χ0v) is 10.2. The summed E-state index contributed by atoms with van der Waals surface area (Å²) in [5.41, 5.74) is 5.95. The van der Waals surface area contributed by atoms with E-state index in [1.54, 1.807) is 0 Å². The number of ether oxygens (including phenoxy) is 1. The van der Waals surface area contributed by atoms with Gasteiger partial charge in [0.1, 0.15) is 6.61 Å². The van der Waals surface area contributed by atoms with E-state index in [1.165, 1.54) is 18.2 Å². The van der Waals surface area contributed by atoms with Crippen LogP contribution >= 0.6 is 0 Å². The highest BCUT2D eigenvalue weighted by atomic mass is 19.3. The molecule has 2 rings (SSSR count). The predicted molar refractivity (Wildman–Crippen MR) is 63.0 cm³/mol. The third kappa shape index (κ3) is 2.41. The second kappa shape index (κ2) is 4.58. The van der Waals surface area contributed by atoms with Crippen LogP contribution in [0.15, 0.2) is 18.2 Å². The number of halogens is 2. The number of nitrogens with zero attached hydrogens (tertiary/aromatic N) is 1. The van der Waals surface area contributed by atoms with E-state index >= 15 is 0 Å². The number of imide groups is 1. The van der Waals surface area contributed by atoms with Crippen molar-refractivity contribution in [2.24, 2.45) is 0 Å². The first-order valence-corrected chi connectivity index (χ1v) is 5.48. The van der Waals surface area contributed by atoms with Gasteiger partial charge < -0.3 is 10.5 Å². The van der Waals surface area contributed by atoms with Crippen molar-refractivity contribution < 1.29 is 23.1 Å². The molecule has 0 spiro atoms. The summed E-state index contributed by atoms with van der Waals surface area (Å²) in [6.45, 7) is -1.87. The van der Waals surface area contributed by atoms with Crippen LogP contribution in [0, 0.1) is 0 Å². The largest absolute Gasteiger partial charge is 0.399 e. The molecule has 0 radical (unpaired) electrons. The minimum atomic E-state index is -3.28. The van der Waals surface area contributed by atoms with E-state index in [2.05, 4.69) is 4.74 Å². The molecule has 0 unspecified atom stereocenters. The molecule has 1 aliphatic rings. The predicted octanol–water partition coefficient (Wildman–Crippen LogP) is 1.15. The van der Waals surface area contributed by atoms with Gasteiger partial charge in [-0.15, -0.1) is 0 Å². The van der Waals surface area contributed by atoms with Crippen LogP contribution < -0.4 is 5.73 Å². The number of rotatable bonds is 4. The van der Waals surface area contributed by atoms with Gasteiger partial charge in [-0.05, 0) is 18.2 Å². The zero-order valence-electron chi connectivity index (χ0n) is 10.2. The van der Waals surface area contributed by atoms with E-state index in [0.29, 0.717) is 10.6 Å². The van der Waals surface area contributed by atoms with Gasteiger partial charge in [-0.25, -0.2) is 8.78 Å². The Kier molecular flexibility index (Phi) is 3.23. The Morgan fingerprint density at radius 2 is 1.89 bits per heavy atom. The summed E-state index contributed by atoms with van der Waals surface area (Å²) >= 11 is 0. The Hall–Kier alpha value is -2.02. The summed E-state index contributed by atoms with van der Waals surface area (Å²) in [4.78, 5) is 24.3. The molecule has 0 bridgehead atoms. The number of nitrogen functional groups attached to an aromatic ring is 1. The van der Waals surface area contributed by atoms with Gasteiger partial charge in [-0.1, -0.05) is 0 Å². The fourth-order valence-electron chi connectivity index (χ4n) is 1.94. The molecule has 0 fully saturated rings. The number of hydrogen-bond donors (Lipinski definition) is 1. The van der Waals surface area contributed by atoms with Crippen molar-refractivity contribution in [1.82, 2.24) is 4.90 Å². The maximum Gasteiger partial charge on any atom is 0.288 e. The normalized spacial score (nSPS) is 15.0. The van der Waals surface area contributed by atoms with E-state index in [9.17, 15) is 18.4 Å². The van der Waals surface area contributed by atoms with E-state index in [4.69, 9.17) is 5.73 Å². The molecule has 2 N–H and O–H groups in total. The molecule has 1 heterocycles. The molecule has 7 heteroatoms. The van der Waals surface area contributed by atoms with Crippen LogP contribution in [0.1, 0.15) is 20.7 Å². The highest BCUT2D eigenvalue weighted by Gasteiger charge is 2.42. The maximum absolute atomic E-state index is 13.4. The average Bonchev–Trinajstić information content (AvgIpc) is 2.54.